The van der Waals surface area contributed by atoms with E-state index in [2.05, 4.69) is 21.2 Å². The highest BCUT2D eigenvalue weighted by Crippen LogP contribution is 2.23. The molecule has 2 aromatic rings. The Morgan fingerprint density at radius 3 is 2.53 bits per heavy atom. The molecule has 0 aliphatic carbocycles. The first kappa shape index (κ1) is 14.1. The Bertz CT molecular complexity index is 586. The van der Waals surface area contributed by atoms with Crippen LogP contribution in [0.15, 0.2) is 53.0 Å². The summed E-state index contributed by atoms with van der Waals surface area (Å²) in [6.45, 7) is 1.95. The van der Waals surface area contributed by atoms with E-state index in [1.54, 1.807) is 18.2 Å². The van der Waals surface area contributed by atoms with Gasteiger partial charge < -0.3 is 5.32 Å². The maximum absolute atomic E-state index is 12.1. The van der Waals surface area contributed by atoms with Crippen molar-refractivity contribution < 1.29 is 4.79 Å². The summed E-state index contributed by atoms with van der Waals surface area (Å²) in [6.07, 6.45) is 0. The van der Waals surface area contributed by atoms with Crippen LogP contribution in [0.3, 0.4) is 0 Å². The first-order valence-corrected chi connectivity index (χ1v) is 7.06. The fourth-order valence-corrected chi connectivity index (χ4v) is 2.17. The normalized spacial score (nSPS) is 11.9. The average molecular weight is 339 g/mol. The molecule has 0 aliphatic rings. The molecule has 98 valence electrons. The molecule has 1 atom stereocenters. The smallest absolute Gasteiger partial charge is 0.251 e. The van der Waals surface area contributed by atoms with Crippen molar-refractivity contribution in [3.05, 3.63) is 69.2 Å². The summed E-state index contributed by atoms with van der Waals surface area (Å²) in [5.74, 6) is -0.134. The van der Waals surface area contributed by atoms with Gasteiger partial charge in [-0.15, -0.1) is 0 Å². The van der Waals surface area contributed by atoms with Gasteiger partial charge in [0.2, 0.25) is 0 Å². The third kappa shape index (κ3) is 3.58. The molecule has 0 aromatic heterocycles. The summed E-state index contributed by atoms with van der Waals surface area (Å²) in [5, 5.41) is 3.47. The molecule has 0 aliphatic heterocycles. The molecule has 0 saturated heterocycles. The molecule has 0 spiro atoms. The van der Waals surface area contributed by atoms with Gasteiger partial charge in [-0.1, -0.05) is 41.9 Å². The third-order valence-corrected chi connectivity index (χ3v) is 4.06. The van der Waals surface area contributed by atoms with Gasteiger partial charge in [0.15, 0.2) is 0 Å². The van der Waals surface area contributed by atoms with Crippen LogP contribution in [0.1, 0.15) is 28.9 Å². The predicted molar refractivity (Wildman–Crippen MR) is 81.5 cm³/mol. The van der Waals surface area contributed by atoms with Gasteiger partial charge in [0.1, 0.15) is 0 Å². The molecule has 1 amide bonds. The summed E-state index contributed by atoms with van der Waals surface area (Å²) in [6, 6.07) is 14.9. The standard InChI is InChI=1S/C15H13BrClNO/c1-10(11-5-3-2-4-6-11)18-15(19)12-7-8-13(16)14(17)9-12/h2-10H,1H3,(H,18,19)/t10-/m0/s1. The second-order valence-electron chi connectivity index (χ2n) is 4.23. The number of hydrogen-bond acceptors (Lipinski definition) is 1. The topological polar surface area (TPSA) is 29.1 Å². The highest BCUT2D eigenvalue weighted by Gasteiger charge is 2.12. The van der Waals surface area contributed by atoms with Gasteiger partial charge in [-0.05, 0) is 46.6 Å². The number of amides is 1. The summed E-state index contributed by atoms with van der Waals surface area (Å²) < 4.78 is 0.779. The lowest BCUT2D eigenvalue weighted by molar-refractivity contribution is 0.0940. The molecule has 0 fully saturated rings. The van der Waals surface area contributed by atoms with Gasteiger partial charge in [-0.25, -0.2) is 0 Å². The first-order chi connectivity index (χ1) is 9.08. The summed E-state index contributed by atoms with van der Waals surface area (Å²) in [5.41, 5.74) is 1.62. The highest BCUT2D eigenvalue weighted by atomic mass is 79.9. The molecule has 0 bridgehead atoms. The van der Waals surface area contributed by atoms with Crippen LogP contribution >= 0.6 is 27.5 Å². The Labute approximate surface area is 125 Å². The van der Waals surface area contributed by atoms with E-state index in [0.29, 0.717) is 10.6 Å². The zero-order valence-corrected chi connectivity index (χ0v) is 12.7. The maximum Gasteiger partial charge on any atom is 0.251 e. The van der Waals surface area contributed by atoms with Crippen molar-refractivity contribution in [3.63, 3.8) is 0 Å². The molecule has 2 aromatic carbocycles. The summed E-state index contributed by atoms with van der Waals surface area (Å²) >= 11 is 9.29. The summed E-state index contributed by atoms with van der Waals surface area (Å²) in [7, 11) is 0. The lowest BCUT2D eigenvalue weighted by Gasteiger charge is -2.14. The zero-order chi connectivity index (χ0) is 13.8. The van der Waals surface area contributed by atoms with E-state index in [1.807, 2.05) is 37.3 Å². The fourth-order valence-electron chi connectivity index (χ4n) is 1.74. The Balaban J connectivity index is 2.11. The fraction of sp³-hybridized carbons (Fsp3) is 0.133. The van der Waals surface area contributed by atoms with Gasteiger partial charge in [0.05, 0.1) is 11.1 Å². The molecule has 4 heteroatoms. The second-order valence-corrected chi connectivity index (χ2v) is 5.50. The Morgan fingerprint density at radius 1 is 1.21 bits per heavy atom. The minimum atomic E-state index is -0.134. The second kappa shape index (κ2) is 6.22. The van der Waals surface area contributed by atoms with Crippen LogP contribution in [0.2, 0.25) is 5.02 Å². The molecule has 0 radical (unpaired) electrons. The van der Waals surface area contributed by atoms with Crippen LogP contribution in [0, 0.1) is 0 Å². The van der Waals surface area contributed by atoms with Crippen LogP contribution in [0.5, 0.6) is 0 Å². The van der Waals surface area contributed by atoms with Crippen molar-refractivity contribution in [2.24, 2.45) is 0 Å². The lowest BCUT2D eigenvalue weighted by Crippen LogP contribution is -2.26. The molecule has 2 rings (SSSR count). The lowest BCUT2D eigenvalue weighted by atomic mass is 10.1. The van der Waals surface area contributed by atoms with E-state index in [1.165, 1.54) is 0 Å². The van der Waals surface area contributed by atoms with Crippen molar-refractivity contribution in [1.29, 1.82) is 0 Å². The van der Waals surface area contributed by atoms with Crippen LogP contribution < -0.4 is 5.32 Å². The van der Waals surface area contributed by atoms with Gasteiger partial charge in [0, 0.05) is 10.0 Å². The van der Waals surface area contributed by atoms with E-state index >= 15 is 0 Å². The monoisotopic (exact) mass is 337 g/mol. The van der Waals surface area contributed by atoms with Crippen molar-refractivity contribution >= 4 is 33.4 Å². The molecule has 0 saturated carbocycles. The largest absolute Gasteiger partial charge is 0.346 e. The zero-order valence-electron chi connectivity index (χ0n) is 10.4. The minimum absolute atomic E-state index is 0.0453. The maximum atomic E-state index is 12.1. The van der Waals surface area contributed by atoms with E-state index < -0.39 is 0 Å². The van der Waals surface area contributed by atoms with Gasteiger partial charge in [-0.3, -0.25) is 4.79 Å². The van der Waals surface area contributed by atoms with Crippen LogP contribution in [0.4, 0.5) is 0 Å². The van der Waals surface area contributed by atoms with E-state index in [-0.39, 0.29) is 11.9 Å². The van der Waals surface area contributed by atoms with Crippen LogP contribution in [-0.2, 0) is 0 Å². The van der Waals surface area contributed by atoms with Crippen molar-refractivity contribution in [2.45, 2.75) is 13.0 Å². The number of carbonyl (C=O) groups is 1. The molecule has 0 heterocycles. The van der Waals surface area contributed by atoms with E-state index in [9.17, 15) is 4.79 Å². The Kier molecular flexibility index (Phi) is 4.61. The molecule has 0 unspecified atom stereocenters. The molecule has 2 nitrogen and oxygen atoms in total. The predicted octanol–water partition coefficient (Wildman–Crippen LogP) is 4.59. The van der Waals surface area contributed by atoms with Gasteiger partial charge in [0.25, 0.3) is 5.91 Å². The molecule has 19 heavy (non-hydrogen) atoms. The van der Waals surface area contributed by atoms with Crippen LogP contribution in [-0.4, -0.2) is 5.91 Å². The van der Waals surface area contributed by atoms with Gasteiger partial charge >= 0.3 is 0 Å². The Morgan fingerprint density at radius 2 is 1.89 bits per heavy atom. The average Bonchev–Trinajstić information content (AvgIpc) is 2.42. The van der Waals surface area contributed by atoms with E-state index in [4.69, 9.17) is 11.6 Å². The molecule has 1 N–H and O–H groups in total. The summed E-state index contributed by atoms with van der Waals surface area (Å²) in [4.78, 5) is 12.1. The Hall–Kier alpha value is -1.32. The number of benzene rings is 2. The number of halogens is 2. The number of hydrogen-bond donors (Lipinski definition) is 1. The SMILES string of the molecule is C[C@H](NC(=O)c1ccc(Br)c(Cl)c1)c1ccccc1. The first-order valence-electron chi connectivity index (χ1n) is 5.89. The quantitative estimate of drug-likeness (QED) is 0.871. The molecular formula is C15H13BrClNO. The van der Waals surface area contributed by atoms with Gasteiger partial charge in [-0.2, -0.15) is 0 Å². The third-order valence-electron chi connectivity index (χ3n) is 2.83. The number of rotatable bonds is 3. The number of nitrogens with one attached hydrogen (secondary N) is 1. The van der Waals surface area contributed by atoms with Crippen molar-refractivity contribution in [1.82, 2.24) is 5.32 Å². The van der Waals surface area contributed by atoms with Crippen molar-refractivity contribution in [3.8, 4) is 0 Å². The van der Waals surface area contributed by atoms with Crippen molar-refractivity contribution in [2.75, 3.05) is 0 Å². The minimum Gasteiger partial charge on any atom is -0.346 e. The highest BCUT2D eigenvalue weighted by molar-refractivity contribution is 9.10. The number of carbonyl (C=O) groups excluding carboxylic acids is 1. The molecular weight excluding hydrogens is 326 g/mol. The van der Waals surface area contributed by atoms with Crippen LogP contribution in [0.25, 0.3) is 0 Å². The van der Waals surface area contributed by atoms with E-state index in [0.717, 1.165) is 10.0 Å².